The van der Waals surface area contributed by atoms with Crippen LogP contribution in [0.1, 0.15) is 156 Å². The Labute approximate surface area is 455 Å². The zero-order chi connectivity index (χ0) is 56.1. The molecule has 0 radical (unpaired) electrons. The van der Waals surface area contributed by atoms with Gasteiger partial charge in [0.25, 0.3) is 10.1 Å². The maximum atomic E-state index is 13.2. The lowest BCUT2D eigenvalue weighted by atomic mass is 9.79. The normalized spacial score (nSPS) is 15.7. The van der Waals surface area contributed by atoms with Crippen molar-refractivity contribution in [2.45, 2.75) is 163 Å². The number of carbonyl (C=O) groups excluding carboxylic acids is 6. The van der Waals surface area contributed by atoms with Gasteiger partial charge in [-0.05, 0) is 155 Å². The van der Waals surface area contributed by atoms with Crippen molar-refractivity contribution < 1.29 is 50.8 Å². The molecular formula is C62H77N3O11S. The van der Waals surface area contributed by atoms with Crippen LogP contribution < -0.4 is 0 Å². The Bertz CT molecular complexity index is 3070. The van der Waals surface area contributed by atoms with Crippen LogP contribution in [0.15, 0.2) is 84.9 Å². The summed E-state index contributed by atoms with van der Waals surface area (Å²) >= 11 is 0. The molecule has 2 heterocycles. The molecule has 0 saturated heterocycles. The van der Waals surface area contributed by atoms with Gasteiger partial charge in [-0.2, -0.15) is 27.6 Å². The van der Waals surface area contributed by atoms with Crippen LogP contribution in [0.2, 0.25) is 0 Å². The molecule has 0 unspecified atom stereocenters. The van der Waals surface area contributed by atoms with Crippen molar-refractivity contribution in [2.24, 2.45) is 5.92 Å². The van der Waals surface area contributed by atoms with Gasteiger partial charge in [0.1, 0.15) is 11.2 Å². The summed E-state index contributed by atoms with van der Waals surface area (Å²) in [6.07, 6.45) is 14.4. The summed E-state index contributed by atoms with van der Waals surface area (Å²) in [5, 5.41) is 1.39. The average Bonchev–Trinajstić information content (AvgIpc) is 3.95. The first-order valence-corrected chi connectivity index (χ1v) is 28.8. The summed E-state index contributed by atoms with van der Waals surface area (Å²) in [7, 11) is -3.61. The standard InChI is InChI=1S/C31H41NO5S.C29H36N2O2.2CO2/c1-22-15-16-27-25(19-22)20-28(29(27)23-11-7-6-8-12-23)26-14-10-9-13-24(26)21-32(17-18-36-38(5,34)35)30(33)37-31(2,3)4;1-20-14-15-24-25(18-20)31-17-16-30(28(32)33-29(2,3)4)19-22-12-8-9-13-23(22)27(31)26(24)21-10-6-5-7-11-21;2*2-1-3/h9-10,13-16,19,23H,6-8,11-12,17-18,20-21H2,1-5H3;8-9,12-15,18,21H,5-7,10-11,16-17,19H2,1-4H3;;. The summed E-state index contributed by atoms with van der Waals surface area (Å²) in [5.41, 5.74) is 15.8. The highest BCUT2D eigenvalue weighted by Gasteiger charge is 2.33. The molecule has 2 fully saturated rings. The molecule has 1 aliphatic heterocycles. The van der Waals surface area contributed by atoms with Crippen molar-refractivity contribution in [2.75, 3.05) is 26.0 Å². The number of hydrogen-bond donors (Lipinski definition) is 0. The Kier molecular flexibility index (Phi) is 20.6. The number of aryl methyl sites for hydroxylation is 2. The van der Waals surface area contributed by atoms with Gasteiger partial charge in [0.15, 0.2) is 0 Å². The van der Waals surface area contributed by atoms with Crippen LogP contribution >= 0.6 is 0 Å². The van der Waals surface area contributed by atoms with Crippen LogP contribution in [-0.2, 0) is 69.0 Å². The summed E-state index contributed by atoms with van der Waals surface area (Å²) in [6, 6.07) is 30.6. The Morgan fingerprint density at radius 1 is 0.675 bits per heavy atom. The highest BCUT2D eigenvalue weighted by atomic mass is 32.2. The minimum Gasteiger partial charge on any atom is -0.444 e. The largest absolute Gasteiger partial charge is 0.444 e. The first kappa shape index (κ1) is 59.6. The van der Waals surface area contributed by atoms with Crippen LogP contribution in [0.25, 0.3) is 33.3 Å². The molecule has 15 heteroatoms. The van der Waals surface area contributed by atoms with Gasteiger partial charge in [0.05, 0.1) is 18.6 Å². The molecule has 2 saturated carbocycles. The van der Waals surface area contributed by atoms with Gasteiger partial charge in [-0.3, -0.25) is 4.18 Å². The third-order valence-corrected chi connectivity index (χ3v) is 15.0. The van der Waals surface area contributed by atoms with Gasteiger partial charge in [-0.15, -0.1) is 0 Å². The van der Waals surface area contributed by atoms with Gasteiger partial charge in [-0.25, -0.2) is 9.59 Å². The number of ether oxygens (including phenoxy) is 2. The van der Waals surface area contributed by atoms with E-state index in [1.165, 1.54) is 131 Å². The van der Waals surface area contributed by atoms with E-state index in [0.717, 1.165) is 30.3 Å². The molecule has 4 aromatic carbocycles. The number of benzene rings is 4. The number of hydrogen-bond acceptors (Lipinski definition) is 11. The van der Waals surface area contributed by atoms with Crippen molar-refractivity contribution in [3.05, 3.63) is 129 Å². The fourth-order valence-corrected chi connectivity index (χ4v) is 11.8. The molecule has 4 aliphatic rings. The van der Waals surface area contributed by atoms with E-state index < -0.39 is 27.4 Å². The molecule has 0 spiro atoms. The fraction of sp³-hybridized carbons (Fsp3) is 0.484. The molecular weight excluding hydrogens is 995 g/mol. The first-order chi connectivity index (χ1) is 36.6. The third kappa shape index (κ3) is 16.2. The maximum absolute atomic E-state index is 13.2. The van der Waals surface area contributed by atoms with Gasteiger partial charge in [0, 0.05) is 49.2 Å². The van der Waals surface area contributed by atoms with Crippen molar-refractivity contribution >= 4 is 56.7 Å². The monoisotopic (exact) mass is 1070 g/mol. The van der Waals surface area contributed by atoms with Crippen molar-refractivity contribution in [1.29, 1.82) is 0 Å². The third-order valence-electron chi connectivity index (χ3n) is 14.4. The highest BCUT2D eigenvalue weighted by molar-refractivity contribution is 7.85. The zero-order valence-corrected chi connectivity index (χ0v) is 47.3. The Morgan fingerprint density at radius 2 is 1.25 bits per heavy atom. The second kappa shape index (κ2) is 26.6. The van der Waals surface area contributed by atoms with Gasteiger partial charge < -0.3 is 23.8 Å². The van der Waals surface area contributed by atoms with Crippen LogP contribution in [0.4, 0.5) is 9.59 Å². The molecule has 412 valence electrons. The van der Waals surface area contributed by atoms with E-state index in [2.05, 4.69) is 97.3 Å². The molecule has 5 aromatic rings. The number of fused-ring (bicyclic) bond motifs is 6. The van der Waals surface area contributed by atoms with Crippen LogP contribution in [0, 0.1) is 19.8 Å². The Hall–Kier alpha value is -6.63. The molecule has 9 rings (SSSR count). The molecule has 14 nitrogen and oxygen atoms in total. The quantitative estimate of drug-likeness (QED) is 0.128. The van der Waals surface area contributed by atoms with Crippen molar-refractivity contribution in [3.8, 4) is 11.3 Å². The maximum Gasteiger partial charge on any atom is 0.410 e. The van der Waals surface area contributed by atoms with Gasteiger partial charge in [0.2, 0.25) is 0 Å². The van der Waals surface area contributed by atoms with Crippen molar-refractivity contribution in [3.63, 3.8) is 0 Å². The van der Waals surface area contributed by atoms with E-state index in [-0.39, 0.29) is 31.5 Å². The minimum atomic E-state index is -3.61. The number of amides is 2. The second-order valence-electron chi connectivity index (χ2n) is 22.6. The molecule has 1 aromatic heterocycles. The van der Waals surface area contributed by atoms with E-state index in [9.17, 15) is 18.0 Å². The number of nitrogens with zero attached hydrogens (tertiary/aromatic N) is 3. The van der Waals surface area contributed by atoms with E-state index in [1.54, 1.807) is 4.90 Å². The average molecular weight is 1070 g/mol. The van der Waals surface area contributed by atoms with Crippen molar-refractivity contribution in [1.82, 2.24) is 14.4 Å². The summed E-state index contributed by atoms with van der Waals surface area (Å²) in [5.74, 6) is 1.15. The number of rotatable bonds is 9. The lowest BCUT2D eigenvalue weighted by Gasteiger charge is -2.31. The lowest BCUT2D eigenvalue weighted by Crippen LogP contribution is -2.39. The van der Waals surface area contributed by atoms with Gasteiger partial charge >= 0.3 is 24.5 Å². The molecule has 0 bridgehead atoms. The van der Waals surface area contributed by atoms with E-state index >= 15 is 0 Å². The summed E-state index contributed by atoms with van der Waals surface area (Å²) in [4.78, 5) is 62.1. The van der Waals surface area contributed by atoms with Crippen LogP contribution in [0.5, 0.6) is 0 Å². The molecule has 3 aliphatic carbocycles. The predicted octanol–water partition coefficient (Wildman–Crippen LogP) is 13.0. The lowest BCUT2D eigenvalue weighted by molar-refractivity contribution is -0.193. The fourth-order valence-electron chi connectivity index (χ4n) is 11.4. The van der Waals surface area contributed by atoms with Crippen LogP contribution in [-0.4, -0.2) is 84.4 Å². The molecule has 0 N–H and O–H groups in total. The number of aromatic nitrogens is 1. The Balaban J connectivity index is 0.000000228. The molecule has 0 atom stereocenters. The SMILES string of the molecule is Cc1ccc2c(C3CCCCC3)c3n(c2c1)CCN(C(=O)OC(C)(C)C)Cc1ccccc1-3.Cc1ccc2c(c1)CC(c1ccccc1CN(CCOS(C)(=O)=O)C(=O)OC(C)(C)C)=C2C1CCCCC1.O=C=O.O=C=O. The predicted molar refractivity (Wildman–Crippen MR) is 297 cm³/mol. The number of carbonyl (C=O) groups is 2. The summed E-state index contributed by atoms with van der Waals surface area (Å²) < 4.78 is 42.0. The van der Waals surface area contributed by atoms with Gasteiger partial charge in [-0.1, -0.05) is 123 Å². The highest BCUT2D eigenvalue weighted by Crippen LogP contribution is 2.49. The van der Waals surface area contributed by atoms with Crippen LogP contribution in [0.3, 0.4) is 0 Å². The number of allylic oxidation sites excluding steroid dienone is 2. The van der Waals surface area contributed by atoms with E-state index in [4.69, 9.17) is 32.8 Å². The smallest absolute Gasteiger partial charge is 0.410 e. The first-order valence-electron chi connectivity index (χ1n) is 27.0. The second-order valence-corrected chi connectivity index (χ2v) is 24.3. The molecule has 2 amide bonds. The Morgan fingerprint density at radius 3 is 1.87 bits per heavy atom. The minimum absolute atomic E-state index is 0.101. The topological polar surface area (TPSA) is 176 Å². The van der Waals surface area contributed by atoms with E-state index in [1.807, 2.05) is 52.5 Å². The molecule has 77 heavy (non-hydrogen) atoms. The van der Waals surface area contributed by atoms with E-state index in [0.29, 0.717) is 31.5 Å². The zero-order valence-electron chi connectivity index (χ0n) is 46.5. The summed E-state index contributed by atoms with van der Waals surface area (Å²) in [6.45, 7) is 17.8.